The maximum atomic E-state index is 9.76. The highest BCUT2D eigenvalue weighted by atomic mass is 16.6. The van der Waals surface area contributed by atoms with E-state index in [4.69, 9.17) is 4.84 Å². The molecule has 0 aromatic rings. The predicted molar refractivity (Wildman–Crippen MR) is 71.0 cm³/mol. The summed E-state index contributed by atoms with van der Waals surface area (Å²) in [6.45, 7) is 2.09. The Morgan fingerprint density at radius 3 is 3.00 bits per heavy atom. The summed E-state index contributed by atoms with van der Waals surface area (Å²) < 4.78 is 0. The molecule has 0 saturated carbocycles. The fourth-order valence-corrected chi connectivity index (χ4v) is 1.68. The van der Waals surface area contributed by atoms with Gasteiger partial charge in [0.25, 0.3) is 0 Å². The van der Waals surface area contributed by atoms with Gasteiger partial charge in [-0.05, 0) is 37.3 Å². The van der Waals surface area contributed by atoms with Crippen molar-refractivity contribution in [3.63, 3.8) is 0 Å². The first kappa shape index (κ1) is 13.7. The molecule has 1 atom stereocenters. The monoisotopic (exact) mass is 235 g/mol. The van der Waals surface area contributed by atoms with Crippen molar-refractivity contribution in [3.8, 4) is 0 Å². The highest BCUT2D eigenvalue weighted by Gasteiger charge is 2.10. The second-order valence-corrected chi connectivity index (χ2v) is 4.00. The fourth-order valence-electron chi connectivity index (χ4n) is 1.68. The third kappa shape index (κ3) is 5.00. The van der Waals surface area contributed by atoms with Crippen LogP contribution in [-0.2, 0) is 4.84 Å². The SMILES string of the molecule is CCC=CCC(O)CC=C1CC=CC1=NOC. The van der Waals surface area contributed by atoms with Gasteiger partial charge < -0.3 is 9.94 Å². The summed E-state index contributed by atoms with van der Waals surface area (Å²) in [5.41, 5.74) is 1.99. The first-order valence-corrected chi connectivity index (χ1v) is 6.08. The van der Waals surface area contributed by atoms with Crippen LogP contribution in [0, 0.1) is 0 Å². The van der Waals surface area contributed by atoms with Crippen LogP contribution in [-0.4, -0.2) is 24.0 Å². The van der Waals surface area contributed by atoms with Gasteiger partial charge in [-0.1, -0.05) is 36.4 Å². The Morgan fingerprint density at radius 2 is 2.29 bits per heavy atom. The number of nitrogens with zero attached hydrogens (tertiary/aromatic N) is 1. The van der Waals surface area contributed by atoms with Gasteiger partial charge in [-0.2, -0.15) is 0 Å². The Kier molecular flexibility index (Phi) is 6.33. The molecule has 94 valence electrons. The van der Waals surface area contributed by atoms with Crippen molar-refractivity contribution in [1.82, 2.24) is 0 Å². The Morgan fingerprint density at radius 1 is 1.47 bits per heavy atom. The lowest BCUT2D eigenvalue weighted by atomic mass is 10.1. The highest BCUT2D eigenvalue weighted by Crippen LogP contribution is 2.16. The molecule has 0 saturated heterocycles. The standard InChI is InChI=1S/C14H21NO2/c1-3-4-5-8-13(16)11-10-12-7-6-9-14(12)15-17-2/h4-6,9-10,13,16H,3,7-8,11H2,1-2H3. The number of oxime groups is 1. The third-order valence-electron chi connectivity index (χ3n) is 2.58. The predicted octanol–water partition coefficient (Wildman–Crippen LogP) is 2.98. The van der Waals surface area contributed by atoms with Gasteiger partial charge in [0, 0.05) is 0 Å². The summed E-state index contributed by atoms with van der Waals surface area (Å²) in [6, 6.07) is 0. The quantitative estimate of drug-likeness (QED) is 0.568. The second-order valence-electron chi connectivity index (χ2n) is 4.00. The Hall–Kier alpha value is -1.35. The largest absolute Gasteiger partial charge is 0.399 e. The minimum atomic E-state index is -0.310. The molecule has 1 rings (SSSR count). The van der Waals surface area contributed by atoms with Crippen molar-refractivity contribution >= 4 is 5.71 Å². The first-order valence-electron chi connectivity index (χ1n) is 6.08. The summed E-state index contributed by atoms with van der Waals surface area (Å²) in [5.74, 6) is 0. The van der Waals surface area contributed by atoms with E-state index in [9.17, 15) is 5.11 Å². The fraction of sp³-hybridized carbons (Fsp3) is 0.500. The van der Waals surface area contributed by atoms with Crippen LogP contribution in [0.3, 0.4) is 0 Å². The molecule has 0 fully saturated rings. The van der Waals surface area contributed by atoms with Gasteiger partial charge in [-0.3, -0.25) is 0 Å². The molecule has 3 nitrogen and oxygen atoms in total. The zero-order chi connectivity index (χ0) is 12.5. The van der Waals surface area contributed by atoms with E-state index in [0.717, 1.165) is 24.1 Å². The lowest BCUT2D eigenvalue weighted by molar-refractivity contribution is 0.181. The van der Waals surface area contributed by atoms with Gasteiger partial charge >= 0.3 is 0 Å². The topological polar surface area (TPSA) is 41.8 Å². The van der Waals surface area contributed by atoms with Gasteiger partial charge in [0.05, 0.1) is 6.10 Å². The smallest absolute Gasteiger partial charge is 0.106 e. The normalized spacial score (nSPS) is 21.8. The number of aliphatic hydroxyl groups excluding tert-OH is 1. The van der Waals surface area contributed by atoms with Crippen molar-refractivity contribution in [3.05, 3.63) is 36.0 Å². The minimum absolute atomic E-state index is 0.310. The molecule has 3 heteroatoms. The minimum Gasteiger partial charge on any atom is -0.399 e. The van der Waals surface area contributed by atoms with Crippen LogP contribution in [0.1, 0.15) is 32.6 Å². The molecule has 0 radical (unpaired) electrons. The van der Waals surface area contributed by atoms with Crippen LogP contribution in [0.4, 0.5) is 0 Å². The Labute approximate surface area is 103 Å². The molecule has 1 aliphatic rings. The van der Waals surface area contributed by atoms with Crippen molar-refractivity contribution < 1.29 is 9.94 Å². The molecule has 0 aromatic carbocycles. The molecule has 1 unspecified atom stereocenters. The third-order valence-corrected chi connectivity index (χ3v) is 2.58. The summed E-state index contributed by atoms with van der Waals surface area (Å²) >= 11 is 0. The molecule has 0 aliphatic heterocycles. The van der Waals surface area contributed by atoms with Gasteiger partial charge in [0.1, 0.15) is 12.8 Å². The van der Waals surface area contributed by atoms with Gasteiger partial charge in [0.15, 0.2) is 0 Å². The van der Waals surface area contributed by atoms with E-state index < -0.39 is 0 Å². The van der Waals surface area contributed by atoms with Crippen molar-refractivity contribution in [2.24, 2.45) is 5.16 Å². The lowest BCUT2D eigenvalue weighted by Gasteiger charge is -2.05. The van der Waals surface area contributed by atoms with Crippen LogP contribution in [0.25, 0.3) is 0 Å². The summed E-state index contributed by atoms with van der Waals surface area (Å²) in [6.07, 6.45) is 13.1. The first-order chi connectivity index (χ1) is 8.27. The number of rotatable bonds is 6. The van der Waals surface area contributed by atoms with E-state index >= 15 is 0 Å². The van der Waals surface area contributed by atoms with Crippen molar-refractivity contribution in [2.75, 3.05) is 7.11 Å². The number of hydrogen-bond acceptors (Lipinski definition) is 3. The highest BCUT2D eigenvalue weighted by molar-refractivity contribution is 6.10. The van der Waals surface area contributed by atoms with Crippen LogP contribution >= 0.6 is 0 Å². The van der Waals surface area contributed by atoms with Crippen molar-refractivity contribution in [2.45, 2.75) is 38.7 Å². The van der Waals surface area contributed by atoms with E-state index in [-0.39, 0.29) is 6.10 Å². The zero-order valence-corrected chi connectivity index (χ0v) is 10.6. The maximum absolute atomic E-state index is 9.76. The van der Waals surface area contributed by atoms with Crippen LogP contribution in [0.2, 0.25) is 0 Å². The average Bonchev–Trinajstić information content (AvgIpc) is 2.75. The maximum Gasteiger partial charge on any atom is 0.106 e. The Bertz CT molecular complexity index is 340. The molecule has 1 N–H and O–H groups in total. The molecular weight excluding hydrogens is 214 g/mol. The summed E-state index contributed by atoms with van der Waals surface area (Å²) in [4.78, 5) is 4.76. The van der Waals surface area contributed by atoms with Gasteiger partial charge in [-0.15, -0.1) is 0 Å². The number of allylic oxidation sites excluding steroid dienone is 4. The molecule has 0 amide bonds. The average molecular weight is 235 g/mol. The molecule has 1 aliphatic carbocycles. The van der Waals surface area contributed by atoms with Crippen LogP contribution < -0.4 is 0 Å². The summed E-state index contributed by atoms with van der Waals surface area (Å²) in [5, 5.41) is 13.7. The van der Waals surface area contributed by atoms with Crippen LogP contribution in [0.15, 0.2) is 41.1 Å². The molecule has 0 heterocycles. The van der Waals surface area contributed by atoms with E-state index in [1.54, 1.807) is 7.11 Å². The van der Waals surface area contributed by atoms with Crippen molar-refractivity contribution in [1.29, 1.82) is 0 Å². The number of hydrogen-bond donors (Lipinski definition) is 1. The van der Waals surface area contributed by atoms with E-state index in [1.807, 2.05) is 24.3 Å². The van der Waals surface area contributed by atoms with Gasteiger partial charge in [0.2, 0.25) is 0 Å². The van der Waals surface area contributed by atoms with E-state index in [2.05, 4.69) is 18.2 Å². The second kappa shape index (κ2) is 7.85. The number of aliphatic hydroxyl groups is 1. The van der Waals surface area contributed by atoms with Gasteiger partial charge in [-0.25, -0.2) is 0 Å². The molecule has 17 heavy (non-hydrogen) atoms. The van der Waals surface area contributed by atoms with E-state index in [1.165, 1.54) is 0 Å². The lowest BCUT2D eigenvalue weighted by Crippen LogP contribution is -2.04. The summed E-state index contributed by atoms with van der Waals surface area (Å²) in [7, 11) is 1.54. The Balaban J connectivity index is 2.43. The molecule has 0 aromatic heterocycles. The molecule has 0 spiro atoms. The van der Waals surface area contributed by atoms with E-state index in [0.29, 0.717) is 12.8 Å². The molecular formula is C14H21NO2. The molecule has 0 bridgehead atoms. The van der Waals surface area contributed by atoms with Crippen LogP contribution in [0.5, 0.6) is 0 Å². The zero-order valence-electron chi connectivity index (χ0n) is 10.6.